The Morgan fingerprint density at radius 1 is 1.32 bits per heavy atom. The fourth-order valence-electron chi connectivity index (χ4n) is 2.60. The second-order valence-electron chi connectivity index (χ2n) is 5.03. The van der Waals surface area contributed by atoms with Crippen molar-refractivity contribution in [1.82, 2.24) is 10.3 Å². The van der Waals surface area contributed by atoms with Crippen molar-refractivity contribution in [2.75, 3.05) is 34.0 Å². The van der Waals surface area contributed by atoms with Crippen LogP contribution < -0.4 is 5.32 Å². The van der Waals surface area contributed by atoms with Crippen LogP contribution in [0.5, 0.6) is 0 Å². The number of thiazole rings is 1. The molecule has 1 aromatic heterocycles. The van der Waals surface area contributed by atoms with Crippen LogP contribution >= 0.6 is 11.3 Å². The third-order valence-electron chi connectivity index (χ3n) is 3.77. The van der Waals surface area contributed by atoms with Gasteiger partial charge in [0.05, 0.1) is 24.4 Å². The summed E-state index contributed by atoms with van der Waals surface area (Å²) in [5.41, 5.74) is 1.14. The number of nitrogens with one attached hydrogen (secondary N) is 1. The van der Waals surface area contributed by atoms with Gasteiger partial charge in [-0.25, -0.2) is 4.98 Å². The first kappa shape index (κ1) is 14.9. The third kappa shape index (κ3) is 3.16. The van der Waals surface area contributed by atoms with E-state index in [1.54, 1.807) is 14.2 Å². The molecule has 0 amide bonds. The van der Waals surface area contributed by atoms with E-state index in [0.717, 1.165) is 19.4 Å². The van der Waals surface area contributed by atoms with Gasteiger partial charge in [-0.15, -0.1) is 11.3 Å². The highest BCUT2D eigenvalue weighted by atomic mass is 32.1. The lowest BCUT2D eigenvalue weighted by atomic mass is 9.98. The van der Waals surface area contributed by atoms with Crippen molar-refractivity contribution in [3.63, 3.8) is 0 Å². The van der Waals surface area contributed by atoms with Gasteiger partial charge in [0.1, 0.15) is 5.01 Å². The van der Waals surface area contributed by atoms with Gasteiger partial charge in [0.15, 0.2) is 0 Å². The van der Waals surface area contributed by atoms with Gasteiger partial charge in [-0.3, -0.25) is 0 Å². The molecule has 1 aliphatic rings. The third-order valence-corrected chi connectivity index (χ3v) is 5.13. The van der Waals surface area contributed by atoms with Crippen molar-refractivity contribution in [3.05, 3.63) is 15.6 Å². The fraction of sp³-hybridized carbons (Fsp3) is 0.786. The summed E-state index contributed by atoms with van der Waals surface area (Å²) in [6, 6.07) is 0. The van der Waals surface area contributed by atoms with E-state index < -0.39 is 0 Å². The summed E-state index contributed by atoms with van der Waals surface area (Å²) >= 11 is 1.86. The summed E-state index contributed by atoms with van der Waals surface area (Å²) in [7, 11) is 3.48. The summed E-state index contributed by atoms with van der Waals surface area (Å²) in [4.78, 5) is 6.34. The molecular formula is C14H24N2O2S. The molecule has 1 heterocycles. The van der Waals surface area contributed by atoms with E-state index in [4.69, 9.17) is 14.5 Å². The smallest absolute Gasteiger partial charge is 0.116 e. The van der Waals surface area contributed by atoms with Crippen molar-refractivity contribution >= 4 is 11.3 Å². The molecule has 1 aromatic rings. The maximum absolute atomic E-state index is 5.45. The van der Waals surface area contributed by atoms with Gasteiger partial charge in [-0.1, -0.05) is 6.92 Å². The predicted octanol–water partition coefficient (Wildman–Crippen LogP) is 2.12. The highest BCUT2D eigenvalue weighted by Crippen LogP contribution is 2.35. The Morgan fingerprint density at radius 2 is 2.16 bits per heavy atom. The number of hydrogen-bond acceptors (Lipinski definition) is 5. The number of nitrogens with zero attached hydrogens (tertiary/aromatic N) is 1. The van der Waals surface area contributed by atoms with Crippen molar-refractivity contribution in [2.24, 2.45) is 0 Å². The molecule has 2 rings (SSSR count). The molecule has 1 atom stereocenters. The maximum atomic E-state index is 5.45. The molecule has 0 spiro atoms. The van der Waals surface area contributed by atoms with Gasteiger partial charge in [0, 0.05) is 25.6 Å². The standard InChI is InChI=1S/C14H24N2O2S/c1-4-14(10-18-3,15-8-9-17-2)13-16-11-6-5-7-12(11)19-13/h15H,4-10H2,1-3H3. The highest BCUT2D eigenvalue weighted by molar-refractivity contribution is 7.12. The summed E-state index contributed by atoms with van der Waals surface area (Å²) in [6.45, 7) is 4.36. The Bertz CT molecular complexity index is 387. The van der Waals surface area contributed by atoms with Crippen molar-refractivity contribution in [3.8, 4) is 0 Å². The van der Waals surface area contributed by atoms with Crippen LogP contribution in [-0.2, 0) is 27.9 Å². The minimum Gasteiger partial charge on any atom is -0.383 e. The normalized spacial score (nSPS) is 17.4. The topological polar surface area (TPSA) is 43.4 Å². The van der Waals surface area contributed by atoms with E-state index >= 15 is 0 Å². The van der Waals surface area contributed by atoms with E-state index in [1.807, 2.05) is 11.3 Å². The molecule has 108 valence electrons. The molecule has 4 nitrogen and oxygen atoms in total. The summed E-state index contributed by atoms with van der Waals surface area (Å²) < 4.78 is 10.6. The van der Waals surface area contributed by atoms with Crippen LogP contribution in [0.3, 0.4) is 0 Å². The molecule has 1 unspecified atom stereocenters. The number of aryl methyl sites for hydroxylation is 2. The van der Waals surface area contributed by atoms with Crippen LogP contribution in [0, 0.1) is 0 Å². The number of ether oxygens (including phenoxy) is 2. The lowest BCUT2D eigenvalue weighted by molar-refractivity contribution is 0.0952. The molecule has 0 aliphatic heterocycles. The molecule has 0 radical (unpaired) electrons. The molecule has 0 aromatic carbocycles. The molecule has 19 heavy (non-hydrogen) atoms. The fourth-order valence-corrected chi connectivity index (χ4v) is 3.97. The predicted molar refractivity (Wildman–Crippen MR) is 77.9 cm³/mol. The number of aromatic nitrogens is 1. The summed E-state index contributed by atoms with van der Waals surface area (Å²) in [6.07, 6.45) is 4.56. The Morgan fingerprint density at radius 3 is 2.79 bits per heavy atom. The number of hydrogen-bond donors (Lipinski definition) is 1. The second-order valence-corrected chi connectivity index (χ2v) is 6.11. The average molecular weight is 284 g/mol. The molecule has 5 heteroatoms. The van der Waals surface area contributed by atoms with Gasteiger partial charge in [0.2, 0.25) is 0 Å². The minimum absolute atomic E-state index is 0.164. The molecule has 0 bridgehead atoms. The van der Waals surface area contributed by atoms with Crippen molar-refractivity contribution in [2.45, 2.75) is 38.1 Å². The Labute approximate surface area is 119 Å². The molecule has 0 saturated carbocycles. The quantitative estimate of drug-likeness (QED) is 0.743. The van der Waals surface area contributed by atoms with Crippen LogP contribution in [0.4, 0.5) is 0 Å². The Balaban J connectivity index is 2.19. The summed E-state index contributed by atoms with van der Waals surface area (Å²) in [5.74, 6) is 0. The molecule has 1 N–H and O–H groups in total. The zero-order valence-corrected chi connectivity index (χ0v) is 12.9. The van der Waals surface area contributed by atoms with Gasteiger partial charge >= 0.3 is 0 Å². The first-order valence-corrected chi connectivity index (χ1v) is 7.79. The van der Waals surface area contributed by atoms with Gasteiger partial charge in [-0.2, -0.15) is 0 Å². The van der Waals surface area contributed by atoms with Crippen LogP contribution in [0.1, 0.15) is 35.3 Å². The maximum Gasteiger partial charge on any atom is 0.116 e. The number of rotatable bonds is 8. The molecule has 0 fully saturated rings. The number of methoxy groups -OCH3 is 2. The SMILES string of the molecule is CCC(COC)(NCCOC)c1nc2c(s1)CCC2. The van der Waals surface area contributed by atoms with Crippen molar-refractivity contribution in [1.29, 1.82) is 0 Å². The Hall–Kier alpha value is -0.490. The summed E-state index contributed by atoms with van der Waals surface area (Å²) in [5, 5.41) is 4.77. The largest absolute Gasteiger partial charge is 0.383 e. The second kappa shape index (κ2) is 6.79. The van der Waals surface area contributed by atoms with Crippen LogP contribution in [0.15, 0.2) is 0 Å². The zero-order valence-electron chi connectivity index (χ0n) is 12.1. The van der Waals surface area contributed by atoms with Crippen molar-refractivity contribution < 1.29 is 9.47 Å². The number of fused-ring (bicyclic) bond motifs is 1. The van der Waals surface area contributed by atoms with Crippen LogP contribution in [0.25, 0.3) is 0 Å². The Kier molecular flexibility index (Phi) is 5.33. The molecule has 1 aliphatic carbocycles. The molecular weight excluding hydrogens is 260 g/mol. The van der Waals surface area contributed by atoms with E-state index in [0.29, 0.717) is 13.2 Å². The van der Waals surface area contributed by atoms with E-state index in [-0.39, 0.29) is 5.54 Å². The van der Waals surface area contributed by atoms with Crippen LogP contribution in [-0.4, -0.2) is 39.0 Å². The lowest BCUT2D eigenvalue weighted by Gasteiger charge is -2.31. The highest BCUT2D eigenvalue weighted by Gasteiger charge is 2.34. The van der Waals surface area contributed by atoms with E-state index in [9.17, 15) is 0 Å². The van der Waals surface area contributed by atoms with Gasteiger partial charge < -0.3 is 14.8 Å². The average Bonchev–Trinajstić information content (AvgIpc) is 2.99. The van der Waals surface area contributed by atoms with Gasteiger partial charge in [0.25, 0.3) is 0 Å². The lowest BCUT2D eigenvalue weighted by Crippen LogP contribution is -2.47. The minimum atomic E-state index is -0.164. The molecule has 0 saturated heterocycles. The van der Waals surface area contributed by atoms with Crippen LogP contribution in [0.2, 0.25) is 0 Å². The van der Waals surface area contributed by atoms with E-state index in [1.165, 1.54) is 28.4 Å². The first-order valence-electron chi connectivity index (χ1n) is 6.97. The first-order chi connectivity index (χ1) is 9.25. The monoisotopic (exact) mass is 284 g/mol. The zero-order chi connectivity index (χ0) is 13.7. The van der Waals surface area contributed by atoms with Gasteiger partial charge in [-0.05, 0) is 25.7 Å². The van der Waals surface area contributed by atoms with E-state index in [2.05, 4.69) is 12.2 Å².